The number of hydrogen-bond donors (Lipinski definition) is 1. The Morgan fingerprint density at radius 1 is 1.24 bits per heavy atom. The zero-order valence-corrected chi connectivity index (χ0v) is 12.7. The average Bonchev–Trinajstić information content (AvgIpc) is 2.90. The number of piperidine rings is 1. The molecule has 0 radical (unpaired) electrons. The number of carbonyl (C=O) groups is 3. The Labute approximate surface area is 125 Å². The van der Waals surface area contributed by atoms with Crippen LogP contribution in [0.5, 0.6) is 0 Å². The van der Waals surface area contributed by atoms with Gasteiger partial charge in [-0.15, -0.1) is 0 Å². The number of nitrogens with zero attached hydrogens (tertiary/aromatic N) is 2. The Morgan fingerprint density at radius 3 is 2.43 bits per heavy atom. The first kappa shape index (κ1) is 15.8. The molecule has 2 amide bonds. The number of amides is 2. The van der Waals surface area contributed by atoms with Crippen molar-refractivity contribution < 1.29 is 19.5 Å². The summed E-state index contributed by atoms with van der Waals surface area (Å²) in [5, 5.41) is 9.32. The SMILES string of the molecule is CC1CC(=O)N(CCC(=O)N2CCCC2)C(C)C1C(=O)O. The van der Waals surface area contributed by atoms with E-state index in [1.165, 1.54) is 0 Å². The van der Waals surface area contributed by atoms with Gasteiger partial charge in [0.2, 0.25) is 11.8 Å². The second kappa shape index (κ2) is 6.45. The normalized spacial score (nSPS) is 29.8. The van der Waals surface area contributed by atoms with Crippen LogP contribution in [0, 0.1) is 11.8 Å². The molecule has 0 spiro atoms. The van der Waals surface area contributed by atoms with Gasteiger partial charge in [0.15, 0.2) is 0 Å². The molecule has 0 bridgehead atoms. The highest BCUT2D eigenvalue weighted by Crippen LogP contribution is 2.30. The van der Waals surface area contributed by atoms with Gasteiger partial charge in [-0.1, -0.05) is 6.92 Å². The third-order valence-electron chi connectivity index (χ3n) is 4.75. The second-order valence-corrected chi connectivity index (χ2v) is 6.21. The molecule has 118 valence electrons. The number of hydrogen-bond acceptors (Lipinski definition) is 3. The van der Waals surface area contributed by atoms with Crippen LogP contribution in [0.2, 0.25) is 0 Å². The van der Waals surface area contributed by atoms with Gasteiger partial charge in [0.25, 0.3) is 0 Å². The molecule has 6 heteroatoms. The van der Waals surface area contributed by atoms with E-state index in [0.29, 0.717) is 6.54 Å². The third kappa shape index (κ3) is 3.36. The lowest BCUT2D eigenvalue weighted by molar-refractivity contribution is -0.154. The predicted octanol–water partition coefficient (Wildman–Crippen LogP) is 0.957. The lowest BCUT2D eigenvalue weighted by Gasteiger charge is -2.40. The summed E-state index contributed by atoms with van der Waals surface area (Å²) in [7, 11) is 0. The molecule has 21 heavy (non-hydrogen) atoms. The van der Waals surface area contributed by atoms with Crippen molar-refractivity contribution in [3.63, 3.8) is 0 Å². The van der Waals surface area contributed by atoms with Gasteiger partial charge in [-0.3, -0.25) is 14.4 Å². The van der Waals surface area contributed by atoms with Crippen molar-refractivity contribution in [3.05, 3.63) is 0 Å². The molecule has 1 N–H and O–H groups in total. The smallest absolute Gasteiger partial charge is 0.308 e. The van der Waals surface area contributed by atoms with Crippen LogP contribution in [0.1, 0.15) is 39.5 Å². The molecule has 2 rings (SSSR count). The Balaban J connectivity index is 1.95. The number of carbonyl (C=O) groups excluding carboxylic acids is 2. The van der Waals surface area contributed by atoms with Crippen LogP contribution < -0.4 is 0 Å². The van der Waals surface area contributed by atoms with Crippen molar-refractivity contribution in [1.29, 1.82) is 0 Å². The van der Waals surface area contributed by atoms with Gasteiger partial charge in [0.05, 0.1) is 5.92 Å². The molecule has 3 atom stereocenters. The van der Waals surface area contributed by atoms with Gasteiger partial charge < -0.3 is 14.9 Å². The topological polar surface area (TPSA) is 77.9 Å². The highest BCUT2D eigenvalue weighted by molar-refractivity contribution is 5.83. The third-order valence-corrected chi connectivity index (χ3v) is 4.75. The van der Waals surface area contributed by atoms with E-state index in [4.69, 9.17) is 0 Å². The van der Waals surface area contributed by atoms with Crippen molar-refractivity contribution in [1.82, 2.24) is 9.80 Å². The molecular weight excluding hydrogens is 272 g/mol. The summed E-state index contributed by atoms with van der Waals surface area (Å²) >= 11 is 0. The highest BCUT2D eigenvalue weighted by Gasteiger charge is 2.41. The van der Waals surface area contributed by atoms with Crippen molar-refractivity contribution in [3.8, 4) is 0 Å². The minimum atomic E-state index is -0.863. The van der Waals surface area contributed by atoms with E-state index in [1.807, 2.05) is 4.90 Å². The fourth-order valence-electron chi connectivity index (χ4n) is 3.53. The standard InChI is InChI=1S/C15H24N2O4/c1-10-9-13(19)17(11(2)14(10)15(20)21)8-5-12(18)16-6-3-4-7-16/h10-11,14H,3-9H2,1-2H3,(H,20,21). The summed E-state index contributed by atoms with van der Waals surface area (Å²) in [5.41, 5.74) is 0. The summed E-state index contributed by atoms with van der Waals surface area (Å²) in [5.74, 6) is -1.54. The van der Waals surface area contributed by atoms with Crippen molar-refractivity contribution in [2.45, 2.75) is 45.6 Å². The summed E-state index contributed by atoms with van der Waals surface area (Å²) < 4.78 is 0. The zero-order chi connectivity index (χ0) is 15.6. The monoisotopic (exact) mass is 296 g/mol. The Kier molecular flexibility index (Phi) is 4.85. The quantitative estimate of drug-likeness (QED) is 0.838. The molecule has 2 saturated heterocycles. The molecule has 0 aromatic carbocycles. The van der Waals surface area contributed by atoms with E-state index >= 15 is 0 Å². The highest BCUT2D eigenvalue weighted by atomic mass is 16.4. The summed E-state index contributed by atoms with van der Waals surface area (Å²) in [4.78, 5) is 38.9. The first-order chi connectivity index (χ1) is 9.91. The largest absolute Gasteiger partial charge is 0.481 e. The van der Waals surface area contributed by atoms with Crippen LogP contribution in [0.4, 0.5) is 0 Å². The lowest BCUT2D eigenvalue weighted by Crippen LogP contribution is -2.53. The van der Waals surface area contributed by atoms with Gasteiger partial charge in [-0.05, 0) is 25.7 Å². The van der Waals surface area contributed by atoms with E-state index in [-0.39, 0.29) is 36.6 Å². The molecular formula is C15H24N2O4. The van der Waals surface area contributed by atoms with Crippen molar-refractivity contribution >= 4 is 17.8 Å². The molecule has 2 fully saturated rings. The van der Waals surface area contributed by atoms with Gasteiger partial charge in [0.1, 0.15) is 0 Å². The molecule has 0 aliphatic carbocycles. The summed E-state index contributed by atoms with van der Waals surface area (Å²) in [6.07, 6.45) is 2.63. The molecule has 0 saturated carbocycles. The van der Waals surface area contributed by atoms with Crippen molar-refractivity contribution in [2.24, 2.45) is 11.8 Å². The predicted molar refractivity (Wildman–Crippen MR) is 76.5 cm³/mol. The van der Waals surface area contributed by atoms with E-state index < -0.39 is 11.9 Å². The minimum Gasteiger partial charge on any atom is -0.481 e. The first-order valence-corrected chi connectivity index (χ1v) is 7.72. The van der Waals surface area contributed by atoms with Crippen LogP contribution in [0.15, 0.2) is 0 Å². The average molecular weight is 296 g/mol. The van der Waals surface area contributed by atoms with Gasteiger partial charge in [0, 0.05) is 38.5 Å². The Hall–Kier alpha value is -1.59. The molecule has 2 aliphatic rings. The lowest BCUT2D eigenvalue weighted by atomic mass is 9.81. The van der Waals surface area contributed by atoms with E-state index in [2.05, 4.69) is 0 Å². The molecule has 3 unspecified atom stereocenters. The molecule has 0 aromatic rings. The minimum absolute atomic E-state index is 0.0401. The zero-order valence-electron chi connectivity index (χ0n) is 12.7. The van der Waals surface area contributed by atoms with E-state index in [0.717, 1.165) is 25.9 Å². The molecule has 2 aliphatic heterocycles. The first-order valence-electron chi connectivity index (χ1n) is 7.72. The summed E-state index contributed by atoms with van der Waals surface area (Å²) in [6, 6.07) is -0.356. The number of rotatable bonds is 4. The van der Waals surface area contributed by atoms with Crippen LogP contribution in [-0.2, 0) is 14.4 Å². The van der Waals surface area contributed by atoms with Crippen LogP contribution in [0.3, 0.4) is 0 Å². The maximum atomic E-state index is 12.1. The molecule has 2 heterocycles. The second-order valence-electron chi connectivity index (χ2n) is 6.21. The van der Waals surface area contributed by atoms with E-state index in [9.17, 15) is 19.5 Å². The van der Waals surface area contributed by atoms with Crippen LogP contribution in [0.25, 0.3) is 0 Å². The van der Waals surface area contributed by atoms with Gasteiger partial charge >= 0.3 is 5.97 Å². The number of carboxylic acids is 1. The maximum Gasteiger partial charge on any atom is 0.308 e. The van der Waals surface area contributed by atoms with Gasteiger partial charge in [-0.25, -0.2) is 0 Å². The van der Waals surface area contributed by atoms with Crippen molar-refractivity contribution in [2.75, 3.05) is 19.6 Å². The van der Waals surface area contributed by atoms with Gasteiger partial charge in [-0.2, -0.15) is 0 Å². The number of carboxylic acid groups (broad SMARTS) is 1. The Bertz CT molecular complexity index is 431. The molecule has 0 aromatic heterocycles. The Morgan fingerprint density at radius 2 is 1.86 bits per heavy atom. The fraction of sp³-hybridized carbons (Fsp3) is 0.800. The van der Waals surface area contributed by atoms with E-state index in [1.54, 1.807) is 18.7 Å². The maximum absolute atomic E-state index is 12.1. The van der Waals surface area contributed by atoms with Crippen LogP contribution >= 0.6 is 0 Å². The number of aliphatic carboxylic acids is 1. The van der Waals surface area contributed by atoms with Crippen LogP contribution in [-0.4, -0.2) is 58.4 Å². The molecule has 6 nitrogen and oxygen atoms in total. The number of likely N-dealkylation sites (tertiary alicyclic amines) is 2. The summed E-state index contributed by atoms with van der Waals surface area (Å²) in [6.45, 7) is 5.51. The fourth-order valence-corrected chi connectivity index (χ4v) is 3.53.